The smallest absolute Gasteiger partial charge is 0.335 e. The van der Waals surface area contributed by atoms with Gasteiger partial charge in [-0.2, -0.15) is 0 Å². The van der Waals surface area contributed by atoms with E-state index in [9.17, 15) is 14.7 Å². The number of aromatic hydroxyl groups is 1. The summed E-state index contributed by atoms with van der Waals surface area (Å²) in [4.78, 5) is 27.6. The Morgan fingerprint density at radius 3 is 2.40 bits per heavy atom. The van der Waals surface area contributed by atoms with Crippen LogP contribution < -0.4 is 26.0 Å². The molecule has 3 aromatic rings. The zero-order valence-electron chi connectivity index (χ0n) is 17.0. The van der Waals surface area contributed by atoms with E-state index in [1.165, 1.54) is 7.11 Å². The highest BCUT2D eigenvalue weighted by molar-refractivity contribution is 5.53. The Hall–Kier alpha value is -3.52. The number of aromatic nitrogens is 2. The van der Waals surface area contributed by atoms with Crippen molar-refractivity contribution in [1.29, 1.82) is 0 Å². The van der Waals surface area contributed by atoms with Crippen LogP contribution in [0, 0.1) is 6.92 Å². The maximum Gasteiger partial charge on any atom is 0.335 e. The fourth-order valence-corrected chi connectivity index (χ4v) is 3.87. The van der Waals surface area contributed by atoms with E-state index in [-0.39, 0.29) is 5.56 Å². The Labute approximate surface area is 172 Å². The lowest BCUT2D eigenvalue weighted by molar-refractivity contribution is 0.352. The van der Waals surface area contributed by atoms with Gasteiger partial charge in [-0.15, -0.1) is 0 Å². The van der Waals surface area contributed by atoms with Crippen LogP contribution >= 0.6 is 0 Å². The summed E-state index contributed by atoms with van der Waals surface area (Å²) < 4.78 is 11.9. The van der Waals surface area contributed by atoms with Crippen LogP contribution in [0.2, 0.25) is 0 Å². The second-order valence-corrected chi connectivity index (χ2v) is 7.21. The van der Waals surface area contributed by atoms with E-state index in [0.29, 0.717) is 23.7 Å². The number of H-pyrrole nitrogens is 1. The SMILES string of the molecule is COc1cc2c(cc1OC)[C@H](c1c(O)n(-c3ccc(C)cc3)c(=O)[nH]c1=O)NCC2. The highest BCUT2D eigenvalue weighted by Gasteiger charge is 2.30. The molecule has 2 aromatic carbocycles. The number of benzene rings is 2. The average Bonchev–Trinajstić information content (AvgIpc) is 2.73. The molecular formula is C22H23N3O5. The number of aryl methyl sites for hydroxylation is 1. The van der Waals surface area contributed by atoms with Crippen LogP contribution in [0.3, 0.4) is 0 Å². The summed E-state index contributed by atoms with van der Waals surface area (Å²) in [6, 6.07) is 10.2. The first-order valence-corrected chi connectivity index (χ1v) is 9.58. The van der Waals surface area contributed by atoms with Gasteiger partial charge in [-0.25, -0.2) is 9.36 Å². The van der Waals surface area contributed by atoms with Crippen LogP contribution in [0.25, 0.3) is 5.69 Å². The first-order valence-electron chi connectivity index (χ1n) is 9.58. The van der Waals surface area contributed by atoms with Gasteiger partial charge in [0.15, 0.2) is 11.5 Å². The van der Waals surface area contributed by atoms with Gasteiger partial charge in [-0.3, -0.25) is 9.78 Å². The standard InChI is InChI=1S/C22H23N3O5/c1-12-4-6-14(7-5-12)25-21(27)18(20(26)24-22(25)28)19-15-11-17(30-3)16(29-2)10-13(15)8-9-23-19/h4-7,10-11,19,23,27H,8-9H2,1-3H3,(H,24,26,28)/t19-/m1/s1. The number of nitrogens with zero attached hydrogens (tertiary/aromatic N) is 1. The third-order valence-electron chi connectivity index (χ3n) is 5.40. The largest absolute Gasteiger partial charge is 0.494 e. The summed E-state index contributed by atoms with van der Waals surface area (Å²) in [5.41, 5.74) is 1.97. The summed E-state index contributed by atoms with van der Waals surface area (Å²) in [5, 5.41) is 14.3. The quantitative estimate of drug-likeness (QED) is 0.607. The molecule has 1 aliphatic heterocycles. The van der Waals surface area contributed by atoms with Crippen molar-refractivity contribution in [1.82, 2.24) is 14.9 Å². The summed E-state index contributed by atoms with van der Waals surface area (Å²) in [6.45, 7) is 2.52. The zero-order chi connectivity index (χ0) is 21.4. The Kier molecular flexibility index (Phi) is 5.09. The van der Waals surface area contributed by atoms with E-state index >= 15 is 0 Å². The summed E-state index contributed by atoms with van der Waals surface area (Å²) in [5.74, 6) is 0.722. The van der Waals surface area contributed by atoms with Crippen molar-refractivity contribution in [3.8, 4) is 23.1 Å². The van der Waals surface area contributed by atoms with Crippen molar-refractivity contribution < 1.29 is 14.6 Å². The monoisotopic (exact) mass is 409 g/mol. The molecule has 0 aliphatic carbocycles. The normalized spacial score (nSPS) is 15.5. The topological polar surface area (TPSA) is 106 Å². The molecule has 0 unspecified atom stereocenters. The van der Waals surface area contributed by atoms with Gasteiger partial charge in [-0.05, 0) is 48.7 Å². The average molecular weight is 409 g/mol. The van der Waals surface area contributed by atoms with Crippen molar-refractivity contribution in [3.05, 3.63) is 79.5 Å². The van der Waals surface area contributed by atoms with Crippen LogP contribution in [0.4, 0.5) is 0 Å². The first kappa shape index (κ1) is 19.8. The predicted octanol–water partition coefficient (Wildman–Crippen LogP) is 1.79. The van der Waals surface area contributed by atoms with Gasteiger partial charge in [0.1, 0.15) is 0 Å². The van der Waals surface area contributed by atoms with Gasteiger partial charge in [0.25, 0.3) is 5.56 Å². The number of hydrogen-bond acceptors (Lipinski definition) is 6. The van der Waals surface area contributed by atoms with Crippen molar-refractivity contribution in [2.45, 2.75) is 19.4 Å². The molecule has 8 nitrogen and oxygen atoms in total. The van der Waals surface area contributed by atoms with Crippen LogP contribution in [0.1, 0.15) is 28.3 Å². The zero-order valence-corrected chi connectivity index (χ0v) is 17.0. The number of nitrogens with one attached hydrogen (secondary N) is 2. The lowest BCUT2D eigenvalue weighted by Gasteiger charge is -2.28. The molecule has 1 atom stereocenters. The molecule has 0 spiro atoms. The Morgan fingerprint density at radius 1 is 1.07 bits per heavy atom. The number of methoxy groups -OCH3 is 2. The van der Waals surface area contributed by atoms with Crippen molar-refractivity contribution >= 4 is 0 Å². The fourth-order valence-electron chi connectivity index (χ4n) is 3.87. The molecule has 0 fully saturated rings. The van der Waals surface area contributed by atoms with Gasteiger partial charge >= 0.3 is 5.69 Å². The molecule has 0 saturated carbocycles. The molecule has 1 aromatic heterocycles. The molecule has 30 heavy (non-hydrogen) atoms. The minimum absolute atomic E-state index is 0.0725. The Morgan fingerprint density at radius 2 is 1.73 bits per heavy atom. The summed E-state index contributed by atoms with van der Waals surface area (Å²) in [7, 11) is 3.11. The van der Waals surface area contributed by atoms with E-state index in [0.717, 1.165) is 27.7 Å². The summed E-state index contributed by atoms with van der Waals surface area (Å²) in [6.07, 6.45) is 0.725. The van der Waals surface area contributed by atoms with Crippen LogP contribution in [-0.2, 0) is 6.42 Å². The van der Waals surface area contributed by atoms with Gasteiger partial charge < -0.3 is 19.9 Å². The van der Waals surface area contributed by atoms with E-state index < -0.39 is 23.2 Å². The number of rotatable bonds is 4. The predicted molar refractivity (Wildman–Crippen MR) is 112 cm³/mol. The lowest BCUT2D eigenvalue weighted by Crippen LogP contribution is -2.38. The molecule has 0 amide bonds. The molecule has 0 saturated heterocycles. The molecule has 2 heterocycles. The first-order chi connectivity index (χ1) is 14.4. The number of hydrogen-bond donors (Lipinski definition) is 3. The van der Waals surface area contributed by atoms with Crippen LogP contribution in [-0.4, -0.2) is 35.4 Å². The lowest BCUT2D eigenvalue weighted by atomic mass is 9.90. The minimum Gasteiger partial charge on any atom is -0.494 e. The highest BCUT2D eigenvalue weighted by Crippen LogP contribution is 2.38. The Bertz CT molecular complexity index is 1210. The number of aromatic amines is 1. The molecule has 0 bridgehead atoms. The second kappa shape index (κ2) is 7.72. The minimum atomic E-state index is -0.701. The maximum atomic E-state index is 12.8. The molecule has 4 rings (SSSR count). The van der Waals surface area contributed by atoms with E-state index in [4.69, 9.17) is 9.47 Å². The van der Waals surface area contributed by atoms with Gasteiger partial charge in [-0.1, -0.05) is 17.7 Å². The Balaban J connectivity index is 1.93. The molecule has 156 valence electrons. The van der Waals surface area contributed by atoms with Crippen molar-refractivity contribution in [2.75, 3.05) is 20.8 Å². The molecular weight excluding hydrogens is 386 g/mol. The summed E-state index contributed by atoms with van der Waals surface area (Å²) >= 11 is 0. The van der Waals surface area contributed by atoms with E-state index in [1.807, 2.05) is 25.1 Å². The van der Waals surface area contributed by atoms with Crippen LogP contribution in [0.5, 0.6) is 17.4 Å². The van der Waals surface area contributed by atoms with Gasteiger partial charge in [0.05, 0.1) is 31.5 Å². The van der Waals surface area contributed by atoms with E-state index in [2.05, 4.69) is 10.3 Å². The number of ether oxygens (including phenoxy) is 2. The molecule has 3 N–H and O–H groups in total. The van der Waals surface area contributed by atoms with Crippen molar-refractivity contribution in [3.63, 3.8) is 0 Å². The van der Waals surface area contributed by atoms with E-state index in [1.54, 1.807) is 25.3 Å². The third kappa shape index (κ3) is 3.25. The second-order valence-electron chi connectivity index (χ2n) is 7.21. The van der Waals surface area contributed by atoms with Crippen molar-refractivity contribution in [2.24, 2.45) is 0 Å². The van der Waals surface area contributed by atoms with Gasteiger partial charge in [0.2, 0.25) is 5.88 Å². The maximum absolute atomic E-state index is 12.8. The van der Waals surface area contributed by atoms with Crippen LogP contribution in [0.15, 0.2) is 46.0 Å². The molecule has 1 aliphatic rings. The van der Waals surface area contributed by atoms with Gasteiger partial charge in [0, 0.05) is 6.54 Å². The number of fused-ring (bicyclic) bond motifs is 1. The fraction of sp³-hybridized carbons (Fsp3) is 0.273. The molecule has 8 heteroatoms. The highest BCUT2D eigenvalue weighted by atomic mass is 16.5. The molecule has 0 radical (unpaired) electrons. The third-order valence-corrected chi connectivity index (χ3v) is 5.40.